The van der Waals surface area contributed by atoms with Gasteiger partial charge in [-0.05, 0) is 38.2 Å². The summed E-state index contributed by atoms with van der Waals surface area (Å²) in [5.41, 5.74) is -0.304. The molecule has 1 aliphatic rings. The molecular weight excluding hydrogens is 348 g/mol. The van der Waals surface area contributed by atoms with Crippen molar-refractivity contribution in [2.24, 2.45) is 11.8 Å². The van der Waals surface area contributed by atoms with Gasteiger partial charge in [-0.2, -0.15) is 0 Å². The molecule has 6 nitrogen and oxygen atoms in total. The second kappa shape index (κ2) is 7.11. The quantitative estimate of drug-likeness (QED) is 0.799. The predicted octanol–water partition coefficient (Wildman–Crippen LogP) is 2.48. The molecule has 1 saturated heterocycles. The van der Waals surface area contributed by atoms with E-state index in [1.165, 1.54) is 17.9 Å². The lowest BCUT2D eigenvalue weighted by Gasteiger charge is -2.45. The summed E-state index contributed by atoms with van der Waals surface area (Å²) >= 11 is 0.917. The van der Waals surface area contributed by atoms with Gasteiger partial charge in [-0.3, -0.25) is 4.90 Å². The van der Waals surface area contributed by atoms with Crippen LogP contribution in [0.3, 0.4) is 0 Å². The molecule has 1 aromatic heterocycles. The number of piperidine rings is 1. The predicted molar refractivity (Wildman–Crippen MR) is 95.1 cm³/mol. The van der Waals surface area contributed by atoms with E-state index in [2.05, 4.69) is 23.5 Å². The van der Waals surface area contributed by atoms with Crippen molar-refractivity contribution in [3.05, 3.63) is 16.3 Å². The maximum Gasteiger partial charge on any atom is 0.345 e. The first kappa shape index (κ1) is 19.4. The van der Waals surface area contributed by atoms with Crippen molar-refractivity contribution >= 4 is 27.3 Å². The van der Waals surface area contributed by atoms with E-state index in [0.29, 0.717) is 11.8 Å². The van der Waals surface area contributed by atoms with Crippen molar-refractivity contribution in [2.45, 2.75) is 44.6 Å². The molecule has 136 valence electrons. The fourth-order valence-electron chi connectivity index (χ4n) is 3.20. The number of nitrogens with zero attached hydrogens (tertiary/aromatic N) is 1. The number of thiophene rings is 1. The van der Waals surface area contributed by atoms with Crippen LogP contribution in [0.15, 0.2) is 16.3 Å². The van der Waals surface area contributed by atoms with Crippen LogP contribution in [-0.4, -0.2) is 49.6 Å². The lowest BCUT2D eigenvalue weighted by atomic mass is 9.88. The van der Waals surface area contributed by atoms with E-state index in [1.54, 1.807) is 0 Å². The highest BCUT2D eigenvalue weighted by molar-refractivity contribution is 7.89. The maximum absolute atomic E-state index is 12.4. The molecule has 2 atom stereocenters. The number of hydrogen-bond donors (Lipinski definition) is 2. The molecule has 0 aliphatic carbocycles. The molecule has 0 bridgehead atoms. The number of carboxylic acids is 1. The Morgan fingerprint density at radius 3 is 2.46 bits per heavy atom. The van der Waals surface area contributed by atoms with Crippen LogP contribution in [0, 0.1) is 11.8 Å². The first-order valence-corrected chi connectivity index (χ1v) is 10.4. The van der Waals surface area contributed by atoms with Gasteiger partial charge in [0.25, 0.3) is 0 Å². The number of aromatic carboxylic acids is 1. The summed E-state index contributed by atoms with van der Waals surface area (Å²) in [5, 5.41) is 10.3. The lowest BCUT2D eigenvalue weighted by molar-refractivity contribution is 0.0489. The summed E-state index contributed by atoms with van der Waals surface area (Å²) in [6.45, 7) is 10.7. The highest BCUT2D eigenvalue weighted by Crippen LogP contribution is 2.27. The Kier molecular flexibility index (Phi) is 5.74. The largest absolute Gasteiger partial charge is 0.477 e. The first-order valence-electron chi connectivity index (χ1n) is 8.08. The Hall–Kier alpha value is -0.960. The minimum atomic E-state index is -3.70. The van der Waals surface area contributed by atoms with E-state index in [9.17, 15) is 13.2 Å². The Labute approximate surface area is 147 Å². The van der Waals surface area contributed by atoms with Gasteiger partial charge in [0.1, 0.15) is 4.88 Å². The highest BCUT2D eigenvalue weighted by atomic mass is 32.2. The Bertz CT molecular complexity index is 687. The molecule has 0 aromatic carbocycles. The van der Waals surface area contributed by atoms with Gasteiger partial charge >= 0.3 is 5.97 Å². The molecule has 24 heavy (non-hydrogen) atoms. The molecule has 1 aliphatic heterocycles. The second-order valence-electron chi connectivity index (χ2n) is 7.44. The third-order valence-electron chi connectivity index (χ3n) is 4.52. The topological polar surface area (TPSA) is 86.7 Å². The number of likely N-dealkylation sites (tertiary alicyclic amines) is 1. The molecule has 8 heteroatoms. The molecule has 0 saturated carbocycles. The molecule has 2 heterocycles. The summed E-state index contributed by atoms with van der Waals surface area (Å²) < 4.78 is 27.5. The van der Waals surface area contributed by atoms with Gasteiger partial charge in [-0.1, -0.05) is 13.8 Å². The highest BCUT2D eigenvalue weighted by Gasteiger charge is 2.33. The van der Waals surface area contributed by atoms with Gasteiger partial charge in [0.15, 0.2) is 0 Å². The zero-order valence-electron chi connectivity index (χ0n) is 14.6. The number of carboxylic acid groups (broad SMARTS) is 1. The third kappa shape index (κ3) is 4.56. The first-order chi connectivity index (χ1) is 11.0. The van der Waals surface area contributed by atoms with Crippen molar-refractivity contribution in [1.29, 1.82) is 0 Å². The van der Waals surface area contributed by atoms with E-state index >= 15 is 0 Å². The molecule has 2 N–H and O–H groups in total. The van der Waals surface area contributed by atoms with E-state index in [-0.39, 0.29) is 21.9 Å². The van der Waals surface area contributed by atoms with Crippen LogP contribution in [0.5, 0.6) is 0 Å². The molecule has 2 rings (SSSR count). The normalized spacial score (nSPS) is 23.3. The van der Waals surface area contributed by atoms with Crippen LogP contribution >= 0.6 is 11.3 Å². The van der Waals surface area contributed by atoms with Crippen LogP contribution in [0.4, 0.5) is 0 Å². The molecule has 0 spiro atoms. The second-order valence-corrected chi connectivity index (χ2v) is 10.1. The monoisotopic (exact) mass is 374 g/mol. The van der Waals surface area contributed by atoms with Crippen molar-refractivity contribution < 1.29 is 18.3 Å². The number of carbonyl (C=O) groups is 1. The van der Waals surface area contributed by atoms with Crippen LogP contribution in [0.2, 0.25) is 0 Å². The maximum atomic E-state index is 12.4. The van der Waals surface area contributed by atoms with Gasteiger partial charge in [-0.25, -0.2) is 17.9 Å². The molecule has 0 amide bonds. The Balaban J connectivity index is 2.05. The Morgan fingerprint density at radius 2 is 1.96 bits per heavy atom. The van der Waals surface area contributed by atoms with Crippen molar-refractivity contribution in [1.82, 2.24) is 9.62 Å². The van der Waals surface area contributed by atoms with Gasteiger partial charge in [0, 0.05) is 30.6 Å². The molecule has 1 fully saturated rings. The van der Waals surface area contributed by atoms with E-state index < -0.39 is 16.0 Å². The molecular formula is C16H26N2O4S2. The van der Waals surface area contributed by atoms with Crippen molar-refractivity contribution in [2.75, 3.05) is 19.6 Å². The smallest absolute Gasteiger partial charge is 0.345 e. The van der Waals surface area contributed by atoms with Crippen LogP contribution in [0.1, 0.15) is 43.8 Å². The van der Waals surface area contributed by atoms with Gasteiger partial charge in [0.2, 0.25) is 10.0 Å². The van der Waals surface area contributed by atoms with Crippen molar-refractivity contribution in [3.8, 4) is 0 Å². The minimum Gasteiger partial charge on any atom is -0.477 e. The summed E-state index contributed by atoms with van der Waals surface area (Å²) in [6.07, 6.45) is 1.20. The van der Waals surface area contributed by atoms with Gasteiger partial charge < -0.3 is 5.11 Å². The van der Waals surface area contributed by atoms with Gasteiger partial charge in [-0.15, -0.1) is 11.3 Å². The average Bonchev–Trinajstić information content (AvgIpc) is 2.95. The van der Waals surface area contributed by atoms with Crippen LogP contribution in [-0.2, 0) is 10.0 Å². The number of hydrogen-bond acceptors (Lipinski definition) is 5. The Morgan fingerprint density at radius 1 is 1.38 bits per heavy atom. The van der Waals surface area contributed by atoms with E-state index in [1.807, 2.05) is 13.8 Å². The minimum absolute atomic E-state index is 0.0149. The van der Waals surface area contributed by atoms with E-state index in [4.69, 9.17) is 5.11 Å². The summed E-state index contributed by atoms with van der Waals surface area (Å²) in [6, 6.07) is 1.20. The van der Waals surface area contributed by atoms with E-state index in [0.717, 1.165) is 24.4 Å². The molecule has 0 radical (unpaired) electrons. The number of sulfonamides is 1. The number of nitrogens with one attached hydrogen (secondary N) is 1. The fraction of sp³-hybridized carbons (Fsp3) is 0.688. The summed E-state index contributed by atoms with van der Waals surface area (Å²) in [5.74, 6) is 0.0809. The lowest BCUT2D eigenvalue weighted by Crippen LogP contribution is -2.56. The van der Waals surface area contributed by atoms with Gasteiger partial charge in [0.05, 0.1) is 4.90 Å². The summed E-state index contributed by atoms with van der Waals surface area (Å²) in [7, 11) is -3.70. The molecule has 2 unspecified atom stereocenters. The molecule has 1 aromatic rings. The zero-order chi connectivity index (χ0) is 18.1. The standard InChI is InChI=1S/C16H26N2O4S2/c1-11-5-12(2)8-18(7-11)16(3,4)10-17-24(21,22)13-6-14(15(19)20)23-9-13/h6,9,11-12,17H,5,7-8,10H2,1-4H3,(H,19,20). The summed E-state index contributed by atoms with van der Waals surface area (Å²) in [4.78, 5) is 13.3. The average molecular weight is 375 g/mol. The number of rotatable bonds is 6. The SMILES string of the molecule is CC1CC(C)CN(C(C)(C)CNS(=O)(=O)c2csc(C(=O)O)c2)C1. The third-order valence-corrected chi connectivity index (χ3v) is 6.96. The zero-order valence-corrected chi connectivity index (χ0v) is 16.2. The van der Waals surface area contributed by atoms with Crippen LogP contribution in [0.25, 0.3) is 0 Å². The van der Waals surface area contributed by atoms with Crippen LogP contribution < -0.4 is 4.72 Å². The fourth-order valence-corrected chi connectivity index (χ4v) is 5.51. The van der Waals surface area contributed by atoms with Crippen molar-refractivity contribution in [3.63, 3.8) is 0 Å².